The minimum absolute atomic E-state index is 0.397. The number of halogens is 1. The lowest BCUT2D eigenvalue weighted by atomic mass is 10.0. The van der Waals surface area contributed by atoms with Crippen LogP contribution in [-0.2, 0) is 9.59 Å². The van der Waals surface area contributed by atoms with Gasteiger partial charge >= 0.3 is 0 Å². The van der Waals surface area contributed by atoms with Gasteiger partial charge in [-0.1, -0.05) is 35.9 Å². The van der Waals surface area contributed by atoms with Gasteiger partial charge in [-0.25, -0.2) is 0 Å². The molecule has 4 rings (SSSR count). The van der Waals surface area contributed by atoms with Crippen molar-refractivity contribution in [3.8, 4) is 17.2 Å². The molecule has 1 fully saturated rings. The summed E-state index contributed by atoms with van der Waals surface area (Å²) in [6, 6.07) is 21.3. The highest BCUT2D eigenvalue weighted by Crippen LogP contribution is 2.50. The number of hydrogen-bond acceptors (Lipinski definition) is 4. The van der Waals surface area contributed by atoms with Gasteiger partial charge in [0.05, 0.1) is 18.0 Å². The maximum atomic E-state index is 13.6. The molecule has 1 saturated carbocycles. The first kappa shape index (κ1) is 21.7. The van der Waals surface area contributed by atoms with Gasteiger partial charge < -0.3 is 15.2 Å². The van der Waals surface area contributed by atoms with Gasteiger partial charge in [0.25, 0.3) is 0 Å². The first-order valence-corrected chi connectivity index (χ1v) is 10.7. The number of carbonyl (C=O) groups is 2. The van der Waals surface area contributed by atoms with Crippen LogP contribution >= 0.6 is 11.6 Å². The molecule has 3 aromatic carbocycles. The molecule has 0 radical (unpaired) electrons. The van der Waals surface area contributed by atoms with Crippen LogP contribution in [0.2, 0.25) is 5.02 Å². The van der Waals surface area contributed by atoms with Crippen molar-refractivity contribution in [1.29, 1.82) is 0 Å². The minimum Gasteiger partial charge on any atom is -0.494 e. The number of nitrogens with two attached hydrogens (primary N) is 1. The van der Waals surface area contributed by atoms with E-state index in [4.69, 9.17) is 26.8 Å². The standard InChI is InChI=1S/C25H23ClN2O4/c1-2-31-19-9-6-10-20(16-19)32-22-12-4-3-11-21(22)28(18-8-5-7-17(26)15-18)24(30)25(13-14-25)23(27)29/h3-12,15-16H,2,13-14H2,1H3,(H2,27,29). The quantitative estimate of drug-likeness (QED) is 0.462. The predicted octanol–water partition coefficient (Wildman–Crippen LogP) is 5.46. The third-order valence-electron chi connectivity index (χ3n) is 5.35. The molecule has 2 N–H and O–H groups in total. The Bertz CT molecular complexity index is 1160. The van der Waals surface area contributed by atoms with E-state index in [1.54, 1.807) is 54.6 Å². The molecular formula is C25H23ClN2O4. The fourth-order valence-electron chi connectivity index (χ4n) is 3.53. The van der Waals surface area contributed by atoms with Crippen LogP contribution < -0.4 is 20.1 Å². The third kappa shape index (κ3) is 4.27. The number of anilines is 2. The van der Waals surface area contributed by atoms with Crippen LogP contribution in [0.25, 0.3) is 0 Å². The summed E-state index contributed by atoms with van der Waals surface area (Å²) in [7, 11) is 0. The van der Waals surface area contributed by atoms with Gasteiger partial charge in [0.1, 0.15) is 16.9 Å². The summed E-state index contributed by atoms with van der Waals surface area (Å²) in [4.78, 5) is 27.2. The highest BCUT2D eigenvalue weighted by atomic mass is 35.5. The van der Waals surface area contributed by atoms with Crippen LogP contribution in [0.4, 0.5) is 11.4 Å². The van der Waals surface area contributed by atoms with Crippen molar-refractivity contribution in [1.82, 2.24) is 0 Å². The van der Waals surface area contributed by atoms with E-state index < -0.39 is 17.2 Å². The molecule has 0 heterocycles. The lowest BCUT2D eigenvalue weighted by Gasteiger charge is -2.28. The van der Waals surface area contributed by atoms with Crippen LogP contribution in [0, 0.1) is 5.41 Å². The Hall–Kier alpha value is -3.51. The predicted molar refractivity (Wildman–Crippen MR) is 124 cm³/mol. The van der Waals surface area contributed by atoms with Gasteiger partial charge in [-0.3, -0.25) is 14.5 Å². The molecule has 0 aromatic heterocycles. The molecule has 7 heteroatoms. The van der Waals surface area contributed by atoms with Crippen LogP contribution in [0.3, 0.4) is 0 Å². The van der Waals surface area contributed by atoms with Gasteiger partial charge in [-0.15, -0.1) is 0 Å². The number of carbonyl (C=O) groups excluding carboxylic acids is 2. The molecule has 0 aliphatic heterocycles. The largest absolute Gasteiger partial charge is 0.494 e. The number of amides is 2. The molecular weight excluding hydrogens is 428 g/mol. The van der Waals surface area contributed by atoms with Crippen molar-refractivity contribution >= 4 is 34.8 Å². The maximum absolute atomic E-state index is 13.6. The highest BCUT2D eigenvalue weighted by molar-refractivity contribution is 6.31. The molecule has 0 unspecified atom stereocenters. The Labute approximate surface area is 191 Å². The Morgan fingerprint density at radius 3 is 2.41 bits per heavy atom. The zero-order chi connectivity index (χ0) is 22.7. The van der Waals surface area contributed by atoms with E-state index in [-0.39, 0.29) is 0 Å². The van der Waals surface area contributed by atoms with Crippen molar-refractivity contribution in [2.45, 2.75) is 19.8 Å². The smallest absolute Gasteiger partial charge is 0.247 e. The van der Waals surface area contributed by atoms with Crippen molar-refractivity contribution in [2.75, 3.05) is 11.5 Å². The lowest BCUT2D eigenvalue weighted by Crippen LogP contribution is -2.41. The molecule has 0 spiro atoms. The van der Waals surface area contributed by atoms with E-state index in [0.29, 0.717) is 53.1 Å². The SMILES string of the molecule is CCOc1cccc(Oc2ccccc2N(C(=O)C2(C(N)=O)CC2)c2cccc(Cl)c2)c1. The first-order valence-electron chi connectivity index (χ1n) is 10.3. The maximum Gasteiger partial charge on any atom is 0.247 e. The summed E-state index contributed by atoms with van der Waals surface area (Å²) in [5.74, 6) is 0.646. The molecule has 6 nitrogen and oxygen atoms in total. The average molecular weight is 451 g/mol. The van der Waals surface area contributed by atoms with Crippen LogP contribution in [0.1, 0.15) is 19.8 Å². The molecule has 0 atom stereocenters. The van der Waals surface area contributed by atoms with Crippen molar-refractivity contribution in [2.24, 2.45) is 11.1 Å². The van der Waals surface area contributed by atoms with Gasteiger partial charge in [0.2, 0.25) is 11.8 Å². The van der Waals surface area contributed by atoms with Gasteiger partial charge in [0, 0.05) is 11.1 Å². The summed E-state index contributed by atoms with van der Waals surface area (Å²) in [5, 5.41) is 0.465. The Balaban J connectivity index is 1.78. The van der Waals surface area contributed by atoms with E-state index >= 15 is 0 Å². The summed E-state index contributed by atoms with van der Waals surface area (Å²) in [6.45, 7) is 2.44. The molecule has 3 aromatic rings. The van der Waals surface area contributed by atoms with Gasteiger partial charge in [0.15, 0.2) is 5.75 Å². The minimum atomic E-state index is -1.22. The van der Waals surface area contributed by atoms with E-state index in [2.05, 4.69) is 0 Å². The number of para-hydroxylation sites is 2. The summed E-state index contributed by atoms with van der Waals surface area (Å²) >= 11 is 6.22. The summed E-state index contributed by atoms with van der Waals surface area (Å²) in [5.41, 5.74) is 5.39. The van der Waals surface area contributed by atoms with Gasteiger partial charge in [-0.05, 0) is 62.2 Å². The summed E-state index contributed by atoms with van der Waals surface area (Å²) < 4.78 is 11.7. The van der Waals surface area contributed by atoms with Crippen LogP contribution in [0.5, 0.6) is 17.2 Å². The van der Waals surface area contributed by atoms with E-state index in [1.165, 1.54) is 4.90 Å². The fourth-order valence-corrected chi connectivity index (χ4v) is 3.72. The second-order valence-electron chi connectivity index (χ2n) is 7.54. The molecule has 164 valence electrons. The molecule has 2 amide bonds. The van der Waals surface area contributed by atoms with Crippen molar-refractivity contribution in [3.05, 3.63) is 77.8 Å². The number of nitrogens with zero attached hydrogens (tertiary/aromatic N) is 1. The number of ether oxygens (including phenoxy) is 2. The number of benzene rings is 3. The Kier molecular flexibility index (Phi) is 6.06. The number of primary amides is 1. The third-order valence-corrected chi connectivity index (χ3v) is 5.59. The fraction of sp³-hybridized carbons (Fsp3) is 0.200. The topological polar surface area (TPSA) is 81.9 Å². The van der Waals surface area contributed by atoms with E-state index in [0.717, 1.165) is 0 Å². The van der Waals surface area contributed by atoms with Crippen molar-refractivity contribution in [3.63, 3.8) is 0 Å². The lowest BCUT2D eigenvalue weighted by molar-refractivity contribution is -0.133. The zero-order valence-corrected chi connectivity index (χ0v) is 18.3. The second-order valence-corrected chi connectivity index (χ2v) is 7.98. The number of rotatable bonds is 8. The first-order chi connectivity index (χ1) is 15.4. The van der Waals surface area contributed by atoms with Gasteiger partial charge in [-0.2, -0.15) is 0 Å². The van der Waals surface area contributed by atoms with E-state index in [1.807, 2.05) is 25.1 Å². The highest BCUT2D eigenvalue weighted by Gasteiger charge is 2.57. The zero-order valence-electron chi connectivity index (χ0n) is 17.6. The van der Waals surface area contributed by atoms with E-state index in [9.17, 15) is 9.59 Å². The molecule has 0 bridgehead atoms. The molecule has 32 heavy (non-hydrogen) atoms. The second kappa shape index (κ2) is 8.93. The average Bonchev–Trinajstić information content (AvgIpc) is 3.58. The van der Waals surface area contributed by atoms with Crippen LogP contribution in [-0.4, -0.2) is 18.4 Å². The monoisotopic (exact) mass is 450 g/mol. The normalized spacial score (nSPS) is 13.8. The van der Waals surface area contributed by atoms with Crippen LogP contribution in [0.15, 0.2) is 72.8 Å². The molecule has 1 aliphatic rings. The Morgan fingerprint density at radius 1 is 1.00 bits per heavy atom. The molecule has 1 aliphatic carbocycles. The summed E-state index contributed by atoms with van der Waals surface area (Å²) in [6.07, 6.45) is 0.829. The van der Waals surface area contributed by atoms with Crippen molar-refractivity contribution < 1.29 is 19.1 Å². The molecule has 0 saturated heterocycles. The Morgan fingerprint density at radius 2 is 1.72 bits per heavy atom. The number of hydrogen-bond donors (Lipinski definition) is 1.